The number of nitrogens with zero attached hydrogens (tertiary/aromatic N) is 2. The van der Waals surface area contributed by atoms with Crippen molar-refractivity contribution in [1.29, 1.82) is 0 Å². The van der Waals surface area contributed by atoms with Crippen LogP contribution in [0.1, 0.15) is 19.0 Å². The molecule has 0 fully saturated rings. The molecule has 1 atom stereocenters. The number of aromatic nitrogens is 2. The monoisotopic (exact) mass is 395 g/mol. The number of aliphatic hydroxyl groups is 1. The van der Waals surface area contributed by atoms with Crippen LogP contribution in [0, 0.1) is 0 Å². The second-order valence-electron chi connectivity index (χ2n) is 6.34. The first-order valence-electron chi connectivity index (χ1n) is 8.03. The number of hydroxylamine groups is 1. The molecule has 0 spiro atoms. The molecule has 0 aliphatic carbocycles. The first-order valence-corrected chi connectivity index (χ1v) is 9.92. The number of hydrogen-bond donors (Lipinski definition) is 3. The summed E-state index contributed by atoms with van der Waals surface area (Å²) in [4.78, 5) is 28.2. The van der Waals surface area contributed by atoms with E-state index in [1.54, 1.807) is 18.2 Å². The average Bonchev–Trinajstić information content (AvgIpc) is 2.65. The van der Waals surface area contributed by atoms with Gasteiger partial charge in [0.25, 0.3) is 11.5 Å². The zero-order chi connectivity index (χ0) is 20.2. The van der Waals surface area contributed by atoms with Crippen molar-refractivity contribution in [3.8, 4) is 11.1 Å². The second-order valence-corrected chi connectivity index (χ2v) is 8.78. The minimum atomic E-state index is -3.83. The highest BCUT2D eigenvalue weighted by Crippen LogP contribution is 2.22. The van der Waals surface area contributed by atoms with Crippen LogP contribution in [0.15, 0.2) is 41.5 Å². The largest absolute Gasteiger partial charge is 0.390 e. The molecule has 2 aromatic rings. The van der Waals surface area contributed by atoms with Crippen molar-refractivity contribution in [2.45, 2.75) is 31.2 Å². The number of nitrogens with one attached hydrogen (secondary N) is 1. The minimum Gasteiger partial charge on any atom is -0.390 e. The minimum absolute atomic E-state index is 0.0300. The number of amides is 1. The lowest BCUT2D eigenvalue weighted by Gasteiger charge is -2.25. The summed E-state index contributed by atoms with van der Waals surface area (Å²) in [5, 5.41) is 17.8. The highest BCUT2D eigenvalue weighted by atomic mass is 32.2. The van der Waals surface area contributed by atoms with Crippen molar-refractivity contribution >= 4 is 15.7 Å². The van der Waals surface area contributed by atoms with Crippen molar-refractivity contribution in [3.63, 3.8) is 0 Å². The van der Waals surface area contributed by atoms with Crippen molar-refractivity contribution in [1.82, 2.24) is 15.0 Å². The van der Waals surface area contributed by atoms with E-state index in [0.717, 1.165) is 6.26 Å². The van der Waals surface area contributed by atoms with Crippen LogP contribution in [0.3, 0.4) is 0 Å². The third-order valence-corrected chi connectivity index (χ3v) is 6.57. The quantitative estimate of drug-likeness (QED) is 0.446. The lowest BCUT2D eigenvalue weighted by molar-refractivity contribution is -0.131. The highest BCUT2D eigenvalue weighted by molar-refractivity contribution is 7.92. The fraction of sp³-hybridized carbons (Fsp3) is 0.353. The van der Waals surface area contributed by atoms with E-state index in [0.29, 0.717) is 16.8 Å². The first-order chi connectivity index (χ1) is 12.6. The van der Waals surface area contributed by atoms with E-state index in [1.165, 1.54) is 35.4 Å². The number of rotatable bonds is 7. The molecule has 0 radical (unpaired) electrons. The summed E-state index contributed by atoms with van der Waals surface area (Å²) in [6, 6.07) is 6.41. The molecular weight excluding hydrogens is 374 g/mol. The fourth-order valence-corrected chi connectivity index (χ4v) is 3.32. The summed E-state index contributed by atoms with van der Waals surface area (Å²) < 4.78 is 23.3. The van der Waals surface area contributed by atoms with E-state index >= 15 is 0 Å². The number of pyridine rings is 2. The molecular formula is C17H21N3O6S. The van der Waals surface area contributed by atoms with Crippen molar-refractivity contribution in [2.24, 2.45) is 0 Å². The van der Waals surface area contributed by atoms with Gasteiger partial charge in [0.15, 0.2) is 14.6 Å². The number of aryl methyl sites for hydroxylation is 1. The molecule has 0 saturated heterocycles. The maximum Gasteiger partial charge on any atom is 0.264 e. The molecule has 146 valence electrons. The van der Waals surface area contributed by atoms with Gasteiger partial charge in [-0.25, -0.2) is 13.9 Å². The molecule has 0 saturated carbocycles. The number of sulfone groups is 1. The van der Waals surface area contributed by atoms with E-state index in [2.05, 4.69) is 4.98 Å². The third-order valence-electron chi connectivity index (χ3n) is 4.55. The summed E-state index contributed by atoms with van der Waals surface area (Å²) in [6.07, 6.45) is 3.75. The Kier molecular flexibility index (Phi) is 6.14. The number of hydrogen-bond acceptors (Lipinski definition) is 7. The Morgan fingerprint density at radius 1 is 1.30 bits per heavy atom. The molecule has 9 nitrogen and oxygen atoms in total. The van der Waals surface area contributed by atoms with Crippen molar-refractivity contribution in [3.05, 3.63) is 52.7 Å². The standard InChI is InChI=1S/C17H21N3O6S/c1-17(16(23)19-24,27(2,25)26)6-8-20-7-5-12(9-15(20)22)13-3-4-14(11-21)18-10-13/h3-5,7,9-10,21,24H,6,8,11H2,1-2H3,(H,19,23)/t17-/m1/s1. The van der Waals surface area contributed by atoms with Crippen LogP contribution in [0.2, 0.25) is 0 Å². The molecule has 0 bridgehead atoms. The number of aliphatic hydroxyl groups excluding tert-OH is 1. The maximum atomic E-state index is 12.3. The Hall–Kier alpha value is -2.56. The summed E-state index contributed by atoms with van der Waals surface area (Å²) >= 11 is 0. The Labute approximate surface area is 156 Å². The number of carbonyl (C=O) groups excluding carboxylic acids is 1. The molecule has 0 aliphatic heterocycles. The van der Waals surface area contributed by atoms with Gasteiger partial charge in [0.05, 0.1) is 12.3 Å². The zero-order valence-electron chi connectivity index (χ0n) is 14.9. The molecule has 0 aromatic carbocycles. The molecule has 27 heavy (non-hydrogen) atoms. The molecule has 0 aliphatic rings. The van der Waals surface area contributed by atoms with Gasteiger partial charge in [-0.2, -0.15) is 0 Å². The lowest BCUT2D eigenvalue weighted by atomic mass is 10.1. The predicted octanol–water partition coefficient (Wildman–Crippen LogP) is 0.101. The van der Waals surface area contributed by atoms with Crippen LogP contribution in [0.4, 0.5) is 0 Å². The van der Waals surface area contributed by atoms with E-state index in [4.69, 9.17) is 10.3 Å². The maximum absolute atomic E-state index is 12.3. The van der Waals surface area contributed by atoms with Gasteiger partial charge in [0.2, 0.25) is 0 Å². The van der Waals surface area contributed by atoms with Crippen LogP contribution >= 0.6 is 0 Å². The summed E-state index contributed by atoms with van der Waals surface area (Å²) in [6.45, 7) is 0.988. The Morgan fingerprint density at radius 3 is 2.48 bits per heavy atom. The average molecular weight is 395 g/mol. The van der Waals surface area contributed by atoms with E-state index in [-0.39, 0.29) is 25.1 Å². The molecule has 1 amide bonds. The fourth-order valence-electron chi connectivity index (χ4n) is 2.48. The molecule has 2 heterocycles. The van der Waals surface area contributed by atoms with Crippen LogP contribution in [0.25, 0.3) is 11.1 Å². The smallest absolute Gasteiger partial charge is 0.264 e. The van der Waals surface area contributed by atoms with Crippen LogP contribution < -0.4 is 11.0 Å². The lowest BCUT2D eigenvalue weighted by Crippen LogP contribution is -2.49. The van der Waals surface area contributed by atoms with Gasteiger partial charge < -0.3 is 9.67 Å². The Bertz CT molecular complexity index is 984. The van der Waals surface area contributed by atoms with Crippen LogP contribution in [-0.4, -0.2) is 45.2 Å². The topological polar surface area (TPSA) is 139 Å². The SMILES string of the molecule is C[C@@](CCn1ccc(-c2ccc(CO)nc2)cc1=O)(C(=O)NO)S(C)(=O)=O. The van der Waals surface area contributed by atoms with E-state index in [9.17, 15) is 18.0 Å². The molecule has 2 rings (SSSR count). The van der Waals surface area contributed by atoms with Crippen molar-refractivity contribution in [2.75, 3.05) is 6.26 Å². The van der Waals surface area contributed by atoms with Gasteiger partial charge in [-0.15, -0.1) is 0 Å². The van der Waals surface area contributed by atoms with E-state index < -0.39 is 20.5 Å². The van der Waals surface area contributed by atoms with Gasteiger partial charge in [0, 0.05) is 36.8 Å². The summed E-state index contributed by atoms with van der Waals surface area (Å²) in [5.41, 5.74) is 2.81. The van der Waals surface area contributed by atoms with Crippen LogP contribution in [-0.2, 0) is 27.8 Å². The van der Waals surface area contributed by atoms with Crippen molar-refractivity contribution < 1.29 is 23.5 Å². The Morgan fingerprint density at radius 2 is 2.00 bits per heavy atom. The van der Waals surface area contributed by atoms with Gasteiger partial charge >= 0.3 is 0 Å². The molecule has 3 N–H and O–H groups in total. The van der Waals surface area contributed by atoms with Gasteiger partial charge in [-0.05, 0) is 31.0 Å². The highest BCUT2D eigenvalue weighted by Gasteiger charge is 2.43. The first kappa shape index (κ1) is 20.7. The molecule has 2 aromatic heterocycles. The summed E-state index contributed by atoms with van der Waals surface area (Å²) in [5.74, 6) is -1.05. The second kappa shape index (κ2) is 7.99. The molecule has 10 heteroatoms. The Balaban J connectivity index is 2.25. The van der Waals surface area contributed by atoms with Crippen LogP contribution in [0.5, 0.6) is 0 Å². The van der Waals surface area contributed by atoms with E-state index in [1.807, 2.05) is 0 Å². The summed E-state index contributed by atoms with van der Waals surface area (Å²) in [7, 11) is -3.83. The predicted molar refractivity (Wildman–Crippen MR) is 97.7 cm³/mol. The number of carbonyl (C=O) groups is 1. The molecule has 0 unspecified atom stereocenters. The normalized spacial score (nSPS) is 13.8. The third kappa shape index (κ3) is 4.41. The zero-order valence-corrected chi connectivity index (χ0v) is 15.7. The van der Waals surface area contributed by atoms with Gasteiger partial charge in [-0.3, -0.25) is 19.8 Å². The van der Waals surface area contributed by atoms with Gasteiger partial charge in [-0.1, -0.05) is 6.07 Å². The van der Waals surface area contributed by atoms with Gasteiger partial charge in [0.1, 0.15) is 0 Å².